The molecule has 0 bridgehead atoms. The Kier molecular flexibility index (Phi) is 3.19. The molecule has 0 spiro atoms. The molecular formula is C11H12N4O2. The van der Waals surface area contributed by atoms with Gasteiger partial charge in [0.2, 0.25) is 0 Å². The molecule has 2 rings (SSSR count). The molecular weight excluding hydrogens is 220 g/mol. The second-order valence-electron chi connectivity index (χ2n) is 3.91. The van der Waals surface area contributed by atoms with Crippen molar-refractivity contribution in [2.45, 2.75) is 25.3 Å². The smallest absolute Gasteiger partial charge is 0.356 e. The number of rotatable bonds is 5. The van der Waals surface area contributed by atoms with Crippen molar-refractivity contribution in [2.24, 2.45) is 0 Å². The second-order valence-corrected chi connectivity index (χ2v) is 3.91. The zero-order valence-electron chi connectivity index (χ0n) is 9.20. The first-order valence-corrected chi connectivity index (χ1v) is 5.43. The lowest BCUT2D eigenvalue weighted by Crippen LogP contribution is -2.28. The van der Waals surface area contributed by atoms with E-state index in [-0.39, 0.29) is 5.69 Å². The average Bonchev–Trinajstić information content (AvgIpc) is 3.14. The summed E-state index contributed by atoms with van der Waals surface area (Å²) >= 11 is 0. The van der Waals surface area contributed by atoms with Crippen LogP contribution in [0.2, 0.25) is 0 Å². The van der Waals surface area contributed by atoms with E-state index in [1.54, 1.807) is 6.07 Å². The highest BCUT2D eigenvalue weighted by Gasteiger charge is 2.29. The molecule has 6 nitrogen and oxygen atoms in total. The van der Waals surface area contributed by atoms with E-state index >= 15 is 0 Å². The van der Waals surface area contributed by atoms with Crippen LogP contribution in [-0.4, -0.2) is 33.9 Å². The molecule has 1 fully saturated rings. The molecule has 17 heavy (non-hydrogen) atoms. The minimum absolute atomic E-state index is 0.0650. The third-order valence-electron chi connectivity index (χ3n) is 2.62. The van der Waals surface area contributed by atoms with Crippen molar-refractivity contribution in [1.29, 1.82) is 5.26 Å². The fraction of sp³-hybridized carbons (Fsp3) is 0.455. The first kappa shape index (κ1) is 11.3. The normalized spacial score (nSPS) is 14.1. The molecule has 6 heteroatoms. The molecule has 0 amide bonds. The van der Waals surface area contributed by atoms with Gasteiger partial charge < -0.3 is 10.0 Å². The molecule has 1 aliphatic rings. The van der Waals surface area contributed by atoms with E-state index in [0.29, 0.717) is 24.8 Å². The molecule has 0 aromatic carbocycles. The van der Waals surface area contributed by atoms with Crippen LogP contribution in [0.25, 0.3) is 0 Å². The number of nitrogens with zero attached hydrogens (tertiary/aromatic N) is 4. The maximum atomic E-state index is 10.6. The number of carboxylic acid groups (broad SMARTS) is 1. The number of aromatic nitrogens is 2. The summed E-state index contributed by atoms with van der Waals surface area (Å²) in [6.07, 6.45) is 2.61. The van der Waals surface area contributed by atoms with Crippen LogP contribution in [0.3, 0.4) is 0 Å². The molecule has 0 saturated heterocycles. The lowest BCUT2D eigenvalue weighted by Gasteiger charge is -2.21. The van der Waals surface area contributed by atoms with Crippen molar-refractivity contribution in [2.75, 3.05) is 11.4 Å². The van der Waals surface area contributed by atoms with E-state index < -0.39 is 5.97 Å². The lowest BCUT2D eigenvalue weighted by molar-refractivity contribution is 0.0689. The zero-order chi connectivity index (χ0) is 12.3. The van der Waals surface area contributed by atoms with Gasteiger partial charge >= 0.3 is 5.97 Å². The predicted molar refractivity (Wildman–Crippen MR) is 59.6 cm³/mol. The SMILES string of the molecule is N#CCCN(c1ccc(C(=O)O)nn1)C1CC1. The summed E-state index contributed by atoms with van der Waals surface area (Å²) in [5.41, 5.74) is -0.0650. The summed E-state index contributed by atoms with van der Waals surface area (Å²) in [6, 6.07) is 5.60. The van der Waals surface area contributed by atoms with Crippen LogP contribution in [0.15, 0.2) is 12.1 Å². The molecule has 1 aromatic rings. The van der Waals surface area contributed by atoms with Gasteiger partial charge in [0, 0.05) is 12.6 Å². The summed E-state index contributed by atoms with van der Waals surface area (Å²) in [5, 5.41) is 24.9. The molecule has 1 N–H and O–H groups in total. The van der Waals surface area contributed by atoms with Gasteiger partial charge in [-0.3, -0.25) is 0 Å². The monoisotopic (exact) mass is 232 g/mol. The number of hydrogen-bond acceptors (Lipinski definition) is 5. The molecule has 0 radical (unpaired) electrons. The van der Waals surface area contributed by atoms with E-state index in [0.717, 1.165) is 12.8 Å². The lowest BCUT2D eigenvalue weighted by atomic mass is 10.3. The van der Waals surface area contributed by atoms with Crippen molar-refractivity contribution >= 4 is 11.8 Å². The number of aromatic carboxylic acids is 1. The number of carbonyl (C=O) groups is 1. The number of anilines is 1. The minimum Gasteiger partial charge on any atom is -0.476 e. The molecule has 0 unspecified atom stereocenters. The number of hydrogen-bond donors (Lipinski definition) is 1. The molecule has 0 aliphatic heterocycles. The van der Waals surface area contributed by atoms with Crippen LogP contribution in [-0.2, 0) is 0 Å². The van der Waals surface area contributed by atoms with Crippen molar-refractivity contribution in [3.8, 4) is 6.07 Å². The Morgan fingerprint density at radius 2 is 2.29 bits per heavy atom. The van der Waals surface area contributed by atoms with Crippen LogP contribution in [0, 0.1) is 11.3 Å². The number of carboxylic acids is 1. The van der Waals surface area contributed by atoms with Crippen molar-refractivity contribution in [1.82, 2.24) is 10.2 Å². The number of nitriles is 1. The summed E-state index contributed by atoms with van der Waals surface area (Å²) < 4.78 is 0. The summed E-state index contributed by atoms with van der Waals surface area (Å²) in [7, 11) is 0. The Bertz CT molecular complexity index is 448. The first-order valence-electron chi connectivity index (χ1n) is 5.43. The third-order valence-corrected chi connectivity index (χ3v) is 2.62. The van der Waals surface area contributed by atoms with E-state index in [1.165, 1.54) is 6.07 Å². The van der Waals surface area contributed by atoms with Crippen molar-refractivity contribution < 1.29 is 9.90 Å². The Balaban J connectivity index is 2.13. The maximum absolute atomic E-state index is 10.6. The van der Waals surface area contributed by atoms with Gasteiger partial charge in [0.05, 0.1) is 12.5 Å². The molecule has 88 valence electrons. The van der Waals surface area contributed by atoms with Crippen LogP contribution >= 0.6 is 0 Å². The van der Waals surface area contributed by atoms with Gasteiger partial charge in [0.1, 0.15) is 0 Å². The van der Waals surface area contributed by atoms with E-state index in [1.807, 2.05) is 4.90 Å². The summed E-state index contributed by atoms with van der Waals surface area (Å²) in [6.45, 7) is 0.613. The predicted octanol–water partition coefficient (Wildman–Crippen LogP) is 1.06. The highest BCUT2D eigenvalue weighted by atomic mass is 16.4. The molecule has 1 aliphatic carbocycles. The summed E-state index contributed by atoms with van der Waals surface area (Å²) in [5.74, 6) is -0.438. The third kappa shape index (κ3) is 2.69. The van der Waals surface area contributed by atoms with Crippen LogP contribution < -0.4 is 4.90 Å². The average molecular weight is 232 g/mol. The van der Waals surface area contributed by atoms with Gasteiger partial charge in [0.15, 0.2) is 11.5 Å². The molecule has 1 saturated carbocycles. The molecule has 1 heterocycles. The highest BCUT2D eigenvalue weighted by molar-refractivity contribution is 5.85. The summed E-state index contributed by atoms with van der Waals surface area (Å²) in [4.78, 5) is 12.7. The van der Waals surface area contributed by atoms with E-state index in [2.05, 4.69) is 16.3 Å². The molecule has 1 aromatic heterocycles. The topological polar surface area (TPSA) is 90.1 Å². The minimum atomic E-state index is -1.08. The fourth-order valence-electron chi connectivity index (χ4n) is 1.63. The Labute approximate surface area is 98.5 Å². The van der Waals surface area contributed by atoms with Gasteiger partial charge in [-0.2, -0.15) is 5.26 Å². The van der Waals surface area contributed by atoms with Gasteiger partial charge in [-0.05, 0) is 25.0 Å². The van der Waals surface area contributed by atoms with Crippen LogP contribution in [0.4, 0.5) is 5.82 Å². The maximum Gasteiger partial charge on any atom is 0.356 e. The van der Waals surface area contributed by atoms with E-state index in [4.69, 9.17) is 10.4 Å². The van der Waals surface area contributed by atoms with Gasteiger partial charge in [-0.1, -0.05) is 0 Å². The van der Waals surface area contributed by atoms with Crippen molar-refractivity contribution in [3.63, 3.8) is 0 Å². The van der Waals surface area contributed by atoms with Gasteiger partial charge in [0.25, 0.3) is 0 Å². The Morgan fingerprint density at radius 3 is 2.76 bits per heavy atom. The molecule has 0 atom stereocenters. The van der Waals surface area contributed by atoms with Crippen LogP contribution in [0.1, 0.15) is 29.8 Å². The first-order chi connectivity index (χ1) is 8.22. The quantitative estimate of drug-likeness (QED) is 0.816. The Hall–Kier alpha value is -2.16. The zero-order valence-corrected chi connectivity index (χ0v) is 9.20. The van der Waals surface area contributed by atoms with Gasteiger partial charge in [-0.15, -0.1) is 10.2 Å². The van der Waals surface area contributed by atoms with Crippen molar-refractivity contribution in [3.05, 3.63) is 17.8 Å². The van der Waals surface area contributed by atoms with Gasteiger partial charge in [-0.25, -0.2) is 4.79 Å². The highest BCUT2D eigenvalue weighted by Crippen LogP contribution is 2.30. The largest absolute Gasteiger partial charge is 0.476 e. The standard InChI is InChI=1S/C11H12N4O2/c12-6-1-7-15(8-2-3-8)10-5-4-9(11(16)17)13-14-10/h4-5,8H,1-3,7H2,(H,16,17). The van der Waals surface area contributed by atoms with Crippen LogP contribution in [0.5, 0.6) is 0 Å². The second kappa shape index (κ2) is 4.78. The Morgan fingerprint density at radius 1 is 1.53 bits per heavy atom. The van der Waals surface area contributed by atoms with E-state index in [9.17, 15) is 4.79 Å². The fourth-order valence-corrected chi connectivity index (χ4v) is 1.63.